The molecule has 0 unspecified atom stereocenters. The summed E-state index contributed by atoms with van der Waals surface area (Å²) in [6, 6.07) is 10.7. The van der Waals surface area contributed by atoms with Crippen LogP contribution in [0.25, 0.3) is 11.1 Å². The van der Waals surface area contributed by atoms with E-state index in [9.17, 15) is 4.39 Å². The first-order chi connectivity index (χ1) is 9.65. The first-order valence-corrected chi connectivity index (χ1v) is 7.28. The van der Waals surface area contributed by atoms with Crippen LogP contribution < -0.4 is 10.1 Å². The molecule has 0 aliphatic heterocycles. The molecule has 0 atom stereocenters. The van der Waals surface area contributed by atoms with Crippen LogP contribution >= 0.6 is 15.9 Å². The normalized spacial score (nSPS) is 10.6. The van der Waals surface area contributed by atoms with E-state index in [2.05, 4.69) is 21.2 Å². The third-order valence-corrected chi connectivity index (χ3v) is 3.59. The summed E-state index contributed by atoms with van der Waals surface area (Å²) in [4.78, 5) is 0. The van der Waals surface area contributed by atoms with Gasteiger partial charge in [-0.1, -0.05) is 28.9 Å². The summed E-state index contributed by atoms with van der Waals surface area (Å²) in [5.41, 5.74) is 2.49. The minimum absolute atomic E-state index is 0.226. The van der Waals surface area contributed by atoms with Crippen molar-refractivity contribution in [3.8, 4) is 16.9 Å². The number of ether oxygens (including phenoxy) is 1. The Balaban J connectivity index is 2.51. The minimum Gasteiger partial charge on any atom is -0.497 e. The van der Waals surface area contributed by atoms with Gasteiger partial charge < -0.3 is 10.1 Å². The second kappa shape index (κ2) is 6.86. The van der Waals surface area contributed by atoms with Crippen molar-refractivity contribution in [2.45, 2.75) is 13.5 Å². The Morgan fingerprint density at radius 3 is 2.65 bits per heavy atom. The van der Waals surface area contributed by atoms with Crippen molar-refractivity contribution >= 4 is 15.9 Å². The van der Waals surface area contributed by atoms with Crippen LogP contribution in [0.4, 0.5) is 4.39 Å². The first-order valence-electron chi connectivity index (χ1n) is 6.48. The Morgan fingerprint density at radius 1 is 1.15 bits per heavy atom. The van der Waals surface area contributed by atoms with Gasteiger partial charge in [0.15, 0.2) is 0 Å². The molecule has 2 rings (SSSR count). The summed E-state index contributed by atoms with van der Waals surface area (Å²) >= 11 is 3.39. The molecule has 0 spiro atoms. The zero-order valence-electron chi connectivity index (χ0n) is 11.5. The molecule has 1 N–H and O–H groups in total. The van der Waals surface area contributed by atoms with Crippen LogP contribution in [-0.2, 0) is 6.54 Å². The zero-order valence-corrected chi connectivity index (χ0v) is 13.1. The fourth-order valence-corrected chi connectivity index (χ4v) is 2.43. The molecule has 0 fully saturated rings. The molecule has 2 nitrogen and oxygen atoms in total. The zero-order chi connectivity index (χ0) is 14.5. The van der Waals surface area contributed by atoms with Crippen LogP contribution in [0, 0.1) is 5.82 Å². The van der Waals surface area contributed by atoms with Crippen molar-refractivity contribution in [2.75, 3.05) is 13.7 Å². The van der Waals surface area contributed by atoms with E-state index in [1.165, 1.54) is 6.07 Å². The van der Waals surface area contributed by atoms with Gasteiger partial charge in [-0.2, -0.15) is 0 Å². The summed E-state index contributed by atoms with van der Waals surface area (Å²) in [5, 5.41) is 3.27. The molecular weight excluding hydrogens is 321 g/mol. The van der Waals surface area contributed by atoms with Gasteiger partial charge in [-0.15, -0.1) is 0 Å². The molecule has 2 aromatic rings. The number of rotatable bonds is 5. The van der Waals surface area contributed by atoms with E-state index in [1.54, 1.807) is 19.2 Å². The summed E-state index contributed by atoms with van der Waals surface area (Å²) in [5.74, 6) is 0.549. The molecule has 0 saturated carbocycles. The molecule has 0 radical (unpaired) electrons. The van der Waals surface area contributed by atoms with E-state index in [1.807, 2.05) is 25.1 Å². The number of benzene rings is 2. The third kappa shape index (κ3) is 3.38. The second-order valence-corrected chi connectivity index (χ2v) is 5.34. The van der Waals surface area contributed by atoms with E-state index in [-0.39, 0.29) is 5.82 Å². The van der Waals surface area contributed by atoms with E-state index in [4.69, 9.17) is 4.74 Å². The van der Waals surface area contributed by atoms with Crippen molar-refractivity contribution in [2.24, 2.45) is 0 Å². The molecule has 0 amide bonds. The minimum atomic E-state index is -0.226. The van der Waals surface area contributed by atoms with Crippen molar-refractivity contribution in [1.29, 1.82) is 0 Å². The van der Waals surface area contributed by atoms with Crippen molar-refractivity contribution in [1.82, 2.24) is 5.32 Å². The summed E-state index contributed by atoms with van der Waals surface area (Å²) < 4.78 is 20.2. The molecule has 0 aromatic heterocycles. The number of halogens is 2. The Morgan fingerprint density at radius 2 is 1.95 bits per heavy atom. The van der Waals surface area contributed by atoms with E-state index >= 15 is 0 Å². The molecule has 20 heavy (non-hydrogen) atoms. The highest BCUT2D eigenvalue weighted by molar-refractivity contribution is 9.10. The van der Waals surface area contributed by atoms with Crippen LogP contribution in [0.15, 0.2) is 40.9 Å². The molecule has 0 saturated heterocycles. The lowest BCUT2D eigenvalue weighted by Crippen LogP contribution is -2.12. The quantitative estimate of drug-likeness (QED) is 0.874. The van der Waals surface area contributed by atoms with Gasteiger partial charge in [-0.05, 0) is 48.0 Å². The van der Waals surface area contributed by atoms with Crippen LogP contribution in [0.5, 0.6) is 5.75 Å². The maximum absolute atomic E-state index is 14.1. The van der Waals surface area contributed by atoms with Gasteiger partial charge in [0.05, 0.1) is 7.11 Å². The molecule has 0 aliphatic carbocycles. The lowest BCUT2D eigenvalue weighted by molar-refractivity contribution is 0.414. The van der Waals surface area contributed by atoms with Crippen LogP contribution in [-0.4, -0.2) is 13.7 Å². The molecular formula is C16H17BrFNO. The van der Waals surface area contributed by atoms with E-state index < -0.39 is 0 Å². The van der Waals surface area contributed by atoms with Gasteiger partial charge in [0.1, 0.15) is 11.6 Å². The van der Waals surface area contributed by atoms with Gasteiger partial charge in [-0.25, -0.2) is 4.39 Å². The topological polar surface area (TPSA) is 21.3 Å². The molecule has 4 heteroatoms. The fourth-order valence-electron chi connectivity index (χ4n) is 2.07. The maximum Gasteiger partial charge on any atom is 0.131 e. The highest BCUT2D eigenvalue weighted by Crippen LogP contribution is 2.31. The number of hydrogen-bond donors (Lipinski definition) is 1. The van der Waals surface area contributed by atoms with Crippen molar-refractivity contribution in [3.05, 3.63) is 52.3 Å². The molecule has 2 aromatic carbocycles. The average Bonchev–Trinajstić information content (AvgIpc) is 2.47. The average molecular weight is 338 g/mol. The predicted molar refractivity (Wildman–Crippen MR) is 83.5 cm³/mol. The van der Waals surface area contributed by atoms with Gasteiger partial charge in [0.2, 0.25) is 0 Å². The largest absolute Gasteiger partial charge is 0.497 e. The Bertz CT molecular complexity index is 601. The number of nitrogens with one attached hydrogen (secondary N) is 1. The Labute approximate surface area is 127 Å². The predicted octanol–water partition coefficient (Wildman–Crippen LogP) is 4.37. The second-order valence-electron chi connectivity index (χ2n) is 4.43. The first kappa shape index (κ1) is 15.0. The highest BCUT2D eigenvalue weighted by atomic mass is 79.9. The summed E-state index contributed by atoms with van der Waals surface area (Å²) in [7, 11) is 1.63. The molecule has 106 valence electrons. The number of methoxy groups -OCH3 is 1. The highest BCUT2D eigenvalue weighted by Gasteiger charge is 2.11. The Kier molecular flexibility index (Phi) is 5.15. The lowest BCUT2D eigenvalue weighted by atomic mass is 9.98. The summed E-state index contributed by atoms with van der Waals surface area (Å²) in [6.07, 6.45) is 0. The maximum atomic E-state index is 14.1. The van der Waals surface area contributed by atoms with Gasteiger partial charge in [0.25, 0.3) is 0 Å². The monoisotopic (exact) mass is 337 g/mol. The molecule has 0 heterocycles. The SMILES string of the molecule is CCNCc1cc(OC)ccc1-c1cc(Br)ccc1F. The lowest BCUT2D eigenvalue weighted by Gasteiger charge is -2.13. The van der Waals surface area contributed by atoms with Crippen molar-refractivity contribution < 1.29 is 9.13 Å². The smallest absolute Gasteiger partial charge is 0.131 e. The van der Waals surface area contributed by atoms with Gasteiger partial charge in [0, 0.05) is 16.6 Å². The van der Waals surface area contributed by atoms with E-state index in [0.29, 0.717) is 12.1 Å². The van der Waals surface area contributed by atoms with Crippen molar-refractivity contribution in [3.63, 3.8) is 0 Å². The fraction of sp³-hybridized carbons (Fsp3) is 0.250. The molecule has 0 bridgehead atoms. The van der Waals surface area contributed by atoms with Crippen LogP contribution in [0.2, 0.25) is 0 Å². The number of hydrogen-bond acceptors (Lipinski definition) is 2. The third-order valence-electron chi connectivity index (χ3n) is 3.10. The standard InChI is InChI=1S/C16H17BrFNO/c1-3-19-10-11-8-13(20-2)5-6-14(11)15-9-12(17)4-7-16(15)18/h4-9,19H,3,10H2,1-2H3. The van der Waals surface area contributed by atoms with Crippen LogP contribution in [0.3, 0.4) is 0 Å². The van der Waals surface area contributed by atoms with Gasteiger partial charge in [-0.3, -0.25) is 0 Å². The van der Waals surface area contributed by atoms with Gasteiger partial charge >= 0.3 is 0 Å². The summed E-state index contributed by atoms with van der Waals surface area (Å²) in [6.45, 7) is 3.58. The Hall–Kier alpha value is -1.39. The molecule has 0 aliphatic rings. The van der Waals surface area contributed by atoms with E-state index in [0.717, 1.165) is 27.9 Å². The van der Waals surface area contributed by atoms with Crippen LogP contribution in [0.1, 0.15) is 12.5 Å².